The highest BCUT2D eigenvalue weighted by Gasteiger charge is 2.03. The highest BCUT2D eigenvalue weighted by Crippen LogP contribution is 2.11. The lowest BCUT2D eigenvalue weighted by molar-refractivity contribution is -0.118. The van der Waals surface area contributed by atoms with Gasteiger partial charge in [-0.05, 0) is 36.2 Å². The Labute approximate surface area is 127 Å². The third-order valence-corrected chi connectivity index (χ3v) is 3.13. The van der Waals surface area contributed by atoms with E-state index < -0.39 is 0 Å². The molecule has 0 aliphatic heterocycles. The first kappa shape index (κ1) is 14.6. The van der Waals surface area contributed by atoms with Crippen molar-refractivity contribution in [2.75, 3.05) is 17.3 Å². The van der Waals surface area contributed by atoms with Crippen molar-refractivity contribution < 1.29 is 9.53 Å². The molecular weight excluding hydrogens is 318 g/mol. The summed E-state index contributed by atoms with van der Waals surface area (Å²) in [6, 6.07) is 17.1. The van der Waals surface area contributed by atoms with Gasteiger partial charge in [0.2, 0.25) is 0 Å². The van der Waals surface area contributed by atoms with Crippen molar-refractivity contribution >= 4 is 27.5 Å². The van der Waals surface area contributed by atoms with E-state index in [-0.39, 0.29) is 12.5 Å². The molecule has 104 valence electrons. The summed E-state index contributed by atoms with van der Waals surface area (Å²) in [5, 5.41) is 3.74. The van der Waals surface area contributed by atoms with E-state index in [1.807, 2.05) is 54.6 Å². The molecule has 2 aromatic rings. The molecule has 3 nitrogen and oxygen atoms in total. The number of nitrogens with one attached hydrogen (secondary N) is 1. The number of para-hydroxylation sites is 1. The molecule has 0 bridgehead atoms. The first-order valence-corrected chi connectivity index (χ1v) is 7.52. The molecule has 20 heavy (non-hydrogen) atoms. The van der Waals surface area contributed by atoms with Crippen LogP contribution in [-0.2, 0) is 11.2 Å². The maximum atomic E-state index is 11.8. The lowest BCUT2D eigenvalue weighted by Crippen LogP contribution is -2.20. The van der Waals surface area contributed by atoms with E-state index in [1.54, 1.807) is 0 Å². The van der Waals surface area contributed by atoms with Gasteiger partial charge in [0.25, 0.3) is 5.91 Å². The molecular formula is C16H16BrNO2. The molecule has 1 amide bonds. The van der Waals surface area contributed by atoms with E-state index in [9.17, 15) is 4.79 Å². The topological polar surface area (TPSA) is 38.3 Å². The Morgan fingerprint density at radius 1 is 1.05 bits per heavy atom. The molecule has 0 atom stereocenters. The maximum absolute atomic E-state index is 11.8. The van der Waals surface area contributed by atoms with Gasteiger partial charge < -0.3 is 10.1 Å². The van der Waals surface area contributed by atoms with Crippen LogP contribution in [0.4, 0.5) is 5.69 Å². The first-order valence-electron chi connectivity index (χ1n) is 6.40. The summed E-state index contributed by atoms with van der Waals surface area (Å²) in [4.78, 5) is 11.8. The van der Waals surface area contributed by atoms with Crippen LogP contribution in [0.15, 0.2) is 54.6 Å². The smallest absolute Gasteiger partial charge is 0.262 e. The van der Waals surface area contributed by atoms with Crippen LogP contribution >= 0.6 is 15.9 Å². The summed E-state index contributed by atoms with van der Waals surface area (Å²) in [5.41, 5.74) is 2.02. The van der Waals surface area contributed by atoms with Gasteiger partial charge >= 0.3 is 0 Å². The fourth-order valence-electron chi connectivity index (χ4n) is 1.73. The summed E-state index contributed by atoms with van der Waals surface area (Å²) in [6.45, 7) is 0.00711. The van der Waals surface area contributed by atoms with Crippen LogP contribution < -0.4 is 10.1 Å². The zero-order valence-corrected chi connectivity index (χ0v) is 12.6. The second kappa shape index (κ2) is 7.70. The Hall–Kier alpha value is -1.81. The van der Waals surface area contributed by atoms with Crippen molar-refractivity contribution in [2.24, 2.45) is 0 Å². The average Bonchev–Trinajstić information content (AvgIpc) is 2.49. The summed E-state index contributed by atoms with van der Waals surface area (Å²) in [7, 11) is 0. The second-order valence-electron chi connectivity index (χ2n) is 4.29. The number of hydrogen-bond acceptors (Lipinski definition) is 2. The van der Waals surface area contributed by atoms with Gasteiger partial charge in [0.05, 0.1) is 0 Å². The van der Waals surface area contributed by atoms with E-state index in [2.05, 4.69) is 21.2 Å². The second-order valence-corrected chi connectivity index (χ2v) is 5.08. The number of anilines is 1. The number of ether oxygens (including phenoxy) is 1. The minimum Gasteiger partial charge on any atom is -0.484 e. The molecule has 1 N–H and O–H groups in total. The van der Waals surface area contributed by atoms with Crippen molar-refractivity contribution in [3.8, 4) is 5.75 Å². The Kier molecular flexibility index (Phi) is 5.62. The van der Waals surface area contributed by atoms with Gasteiger partial charge in [-0.2, -0.15) is 0 Å². The van der Waals surface area contributed by atoms with Crippen molar-refractivity contribution in [3.05, 3.63) is 60.2 Å². The molecule has 0 saturated carbocycles. The summed E-state index contributed by atoms with van der Waals surface area (Å²) < 4.78 is 5.38. The van der Waals surface area contributed by atoms with Gasteiger partial charge in [-0.3, -0.25) is 4.79 Å². The number of carbonyl (C=O) groups is 1. The highest BCUT2D eigenvalue weighted by atomic mass is 79.9. The van der Waals surface area contributed by atoms with Gasteiger partial charge in [0.1, 0.15) is 5.75 Å². The van der Waals surface area contributed by atoms with Crippen LogP contribution in [0.25, 0.3) is 0 Å². The zero-order chi connectivity index (χ0) is 14.2. The maximum Gasteiger partial charge on any atom is 0.262 e. The first-order chi connectivity index (χ1) is 9.78. The van der Waals surface area contributed by atoms with Crippen molar-refractivity contribution in [1.82, 2.24) is 0 Å². The standard InChI is InChI=1S/C16H16BrNO2/c17-11-10-13-6-8-14(9-7-13)18-16(19)12-20-15-4-2-1-3-5-15/h1-9H,10-12H2,(H,18,19). The number of carbonyl (C=O) groups excluding carboxylic acids is 1. The predicted molar refractivity (Wildman–Crippen MR) is 84.5 cm³/mol. The Balaban J connectivity index is 1.82. The molecule has 0 saturated heterocycles. The average molecular weight is 334 g/mol. The SMILES string of the molecule is O=C(COc1ccccc1)Nc1ccc(CCBr)cc1. The zero-order valence-electron chi connectivity index (χ0n) is 11.0. The number of alkyl halides is 1. The number of rotatable bonds is 6. The third kappa shape index (κ3) is 4.70. The molecule has 0 aliphatic carbocycles. The Morgan fingerprint density at radius 3 is 2.40 bits per heavy atom. The van der Waals surface area contributed by atoms with Crippen LogP contribution in [-0.4, -0.2) is 17.8 Å². The van der Waals surface area contributed by atoms with E-state index in [1.165, 1.54) is 5.56 Å². The molecule has 0 heterocycles. The number of halogens is 1. The molecule has 0 unspecified atom stereocenters. The molecule has 0 spiro atoms. The van der Waals surface area contributed by atoms with Crippen molar-refractivity contribution in [3.63, 3.8) is 0 Å². The predicted octanol–water partition coefficient (Wildman–Crippen LogP) is 3.64. The fraction of sp³-hybridized carbons (Fsp3) is 0.188. The van der Waals surface area contributed by atoms with Gasteiger partial charge in [0.15, 0.2) is 6.61 Å². The molecule has 0 aromatic heterocycles. The van der Waals surface area contributed by atoms with Crippen molar-refractivity contribution in [1.29, 1.82) is 0 Å². The van der Waals surface area contributed by atoms with Gasteiger partial charge in [-0.25, -0.2) is 0 Å². The van der Waals surface area contributed by atoms with Gasteiger partial charge in [0, 0.05) is 11.0 Å². The summed E-state index contributed by atoms with van der Waals surface area (Å²) >= 11 is 3.40. The minimum atomic E-state index is -0.165. The van der Waals surface area contributed by atoms with E-state index >= 15 is 0 Å². The molecule has 2 aromatic carbocycles. The van der Waals surface area contributed by atoms with Crippen LogP contribution in [0, 0.1) is 0 Å². The van der Waals surface area contributed by atoms with Crippen LogP contribution in [0.1, 0.15) is 5.56 Å². The van der Waals surface area contributed by atoms with Gasteiger partial charge in [-0.15, -0.1) is 0 Å². The number of aryl methyl sites for hydroxylation is 1. The molecule has 0 fully saturated rings. The lowest BCUT2D eigenvalue weighted by atomic mass is 10.1. The number of benzene rings is 2. The quantitative estimate of drug-likeness (QED) is 0.819. The van der Waals surface area contributed by atoms with E-state index in [4.69, 9.17) is 4.74 Å². The van der Waals surface area contributed by atoms with Gasteiger partial charge in [-0.1, -0.05) is 46.3 Å². The largest absolute Gasteiger partial charge is 0.484 e. The highest BCUT2D eigenvalue weighted by molar-refractivity contribution is 9.09. The Morgan fingerprint density at radius 2 is 1.75 bits per heavy atom. The Bertz CT molecular complexity index is 540. The summed E-state index contributed by atoms with van der Waals surface area (Å²) in [6.07, 6.45) is 0.978. The van der Waals surface area contributed by atoms with Crippen LogP contribution in [0.3, 0.4) is 0 Å². The number of amides is 1. The van der Waals surface area contributed by atoms with E-state index in [0.29, 0.717) is 5.75 Å². The molecule has 4 heteroatoms. The van der Waals surface area contributed by atoms with Crippen molar-refractivity contribution in [2.45, 2.75) is 6.42 Å². The fourth-order valence-corrected chi connectivity index (χ4v) is 2.18. The lowest BCUT2D eigenvalue weighted by Gasteiger charge is -2.08. The monoisotopic (exact) mass is 333 g/mol. The van der Waals surface area contributed by atoms with E-state index in [0.717, 1.165) is 17.4 Å². The third-order valence-electron chi connectivity index (χ3n) is 2.73. The minimum absolute atomic E-state index is 0.00711. The number of hydrogen-bond donors (Lipinski definition) is 1. The molecule has 2 rings (SSSR count). The molecule has 0 radical (unpaired) electrons. The normalized spacial score (nSPS) is 10.1. The molecule has 0 aliphatic rings. The summed E-state index contributed by atoms with van der Waals surface area (Å²) in [5.74, 6) is 0.525. The van der Waals surface area contributed by atoms with Crippen LogP contribution in [0.5, 0.6) is 5.75 Å². The van der Waals surface area contributed by atoms with Crippen LogP contribution in [0.2, 0.25) is 0 Å².